The molecule has 0 saturated heterocycles. The first-order valence-electron chi connectivity index (χ1n) is 8.71. The molecule has 2 aromatic rings. The van der Waals surface area contributed by atoms with Gasteiger partial charge in [-0.05, 0) is 24.1 Å². The summed E-state index contributed by atoms with van der Waals surface area (Å²) in [5, 5.41) is 2.95. The number of amides is 1. The van der Waals surface area contributed by atoms with E-state index in [9.17, 15) is 4.79 Å². The van der Waals surface area contributed by atoms with Crippen LogP contribution in [-0.4, -0.2) is 19.3 Å². The number of benzene rings is 2. The van der Waals surface area contributed by atoms with Gasteiger partial charge in [0.05, 0.1) is 6.61 Å². The Balaban J connectivity index is 1.73. The van der Waals surface area contributed by atoms with Crippen molar-refractivity contribution in [3.05, 3.63) is 47.5 Å². The van der Waals surface area contributed by atoms with Gasteiger partial charge in [-0.2, -0.15) is 0 Å². The van der Waals surface area contributed by atoms with Gasteiger partial charge in [0.2, 0.25) is 12.7 Å². The van der Waals surface area contributed by atoms with Crippen molar-refractivity contribution in [2.45, 2.75) is 32.1 Å². The maximum absolute atomic E-state index is 12.3. The highest BCUT2D eigenvalue weighted by Crippen LogP contribution is 2.46. The lowest BCUT2D eigenvalue weighted by Crippen LogP contribution is -2.23. The van der Waals surface area contributed by atoms with Gasteiger partial charge in [0.1, 0.15) is 5.75 Å². The van der Waals surface area contributed by atoms with E-state index in [0.29, 0.717) is 18.8 Å². The van der Waals surface area contributed by atoms with E-state index in [0.717, 1.165) is 41.2 Å². The highest BCUT2D eigenvalue weighted by Gasteiger charge is 2.31. The Bertz CT molecular complexity index is 802. The van der Waals surface area contributed by atoms with Crippen LogP contribution in [0.4, 0.5) is 5.69 Å². The fourth-order valence-corrected chi connectivity index (χ4v) is 3.35. The summed E-state index contributed by atoms with van der Waals surface area (Å²) >= 11 is 0. The molecule has 2 aromatic carbocycles. The van der Waals surface area contributed by atoms with E-state index in [2.05, 4.69) is 12.2 Å². The molecule has 0 spiro atoms. The summed E-state index contributed by atoms with van der Waals surface area (Å²) in [6, 6.07) is 11.8. The van der Waals surface area contributed by atoms with Crippen molar-refractivity contribution in [1.82, 2.24) is 0 Å². The van der Waals surface area contributed by atoms with Crippen molar-refractivity contribution < 1.29 is 19.0 Å². The van der Waals surface area contributed by atoms with Crippen molar-refractivity contribution in [3.63, 3.8) is 0 Å². The smallest absolute Gasteiger partial charge is 0.231 e. The lowest BCUT2D eigenvalue weighted by atomic mass is 9.84. The van der Waals surface area contributed by atoms with Crippen LogP contribution in [0.15, 0.2) is 36.4 Å². The van der Waals surface area contributed by atoms with Gasteiger partial charge < -0.3 is 19.5 Å². The zero-order valence-corrected chi connectivity index (χ0v) is 14.2. The summed E-state index contributed by atoms with van der Waals surface area (Å²) in [6.45, 7) is 3.04. The Kier molecular flexibility index (Phi) is 4.22. The molecule has 1 atom stereocenters. The van der Waals surface area contributed by atoms with Crippen molar-refractivity contribution >= 4 is 11.6 Å². The second-order valence-electron chi connectivity index (χ2n) is 6.34. The van der Waals surface area contributed by atoms with E-state index >= 15 is 0 Å². The van der Waals surface area contributed by atoms with E-state index in [1.165, 1.54) is 0 Å². The van der Waals surface area contributed by atoms with Gasteiger partial charge in [0.25, 0.3) is 0 Å². The summed E-state index contributed by atoms with van der Waals surface area (Å²) < 4.78 is 16.9. The number of rotatable bonds is 5. The second kappa shape index (κ2) is 6.67. The number of nitrogens with one attached hydrogen (secondary N) is 1. The molecule has 0 aromatic heterocycles. The summed E-state index contributed by atoms with van der Waals surface area (Å²) in [6.07, 6.45) is 2.48. The zero-order chi connectivity index (χ0) is 17.2. The first-order chi connectivity index (χ1) is 12.3. The van der Waals surface area contributed by atoms with Crippen LogP contribution < -0.4 is 19.5 Å². The van der Waals surface area contributed by atoms with Crippen molar-refractivity contribution in [2.75, 3.05) is 18.7 Å². The van der Waals surface area contributed by atoms with Crippen LogP contribution in [-0.2, 0) is 4.79 Å². The highest BCUT2D eigenvalue weighted by atomic mass is 16.7. The molecule has 0 saturated carbocycles. The minimum Gasteiger partial charge on any atom is -0.493 e. The fourth-order valence-electron chi connectivity index (χ4n) is 3.35. The lowest BCUT2D eigenvalue weighted by Gasteiger charge is -2.27. The number of ether oxygens (including phenoxy) is 3. The van der Waals surface area contributed by atoms with Crippen molar-refractivity contribution in [3.8, 4) is 17.2 Å². The number of hydrogen-bond donors (Lipinski definition) is 1. The maximum Gasteiger partial charge on any atom is 0.231 e. The minimum absolute atomic E-state index is 0.000253. The Labute approximate surface area is 146 Å². The molecule has 0 unspecified atom stereocenters. The maximum atomic E-state index is 12.3. The van der Waals surface area contributed by atoms with Crippen LogP contribution in [0.25, 0.3) is 0 Å². The number of hydrogen-bond acceptors (Lipinski definition) is 4. The summed E-state index contributed by atoms with van der Waals surface area (Å²) in [4.78, 5) is 12.3. The molecule has 5 nitrogen and oxygen atoms in total. The third-order valence-electron chi connectivity index (χ3n) is 4.63. The second-order valence-corrected chi connectivity index (χ2v) is 6.34. The summed E-state index contributed by atoms with van der Waals surface area (Å²) in [5.41, 5.74) is 2.86. The van der Waals surface area contributed by atoms with Crippen LogP contribution in [0, 0.1) is 0 Å². The average molecular weight is 339 g/mol. The number of para-hydroxylation sites is 1. The zero-order valence-electron chi connectivity index (χ0n) is 14.2. The van der Waals surface area contributed by atoms with Gasteiger partial charge in [0, 0.05) is 29.7 Å². The molecule has 2 aliphatic rings. The fraction of sp³-hybridized carbons (Fsp3) is 0.350. The molecule has 0 aliphatic carbocycles. The van der Waals surface area contributed by atoms with Crippen LogP contribution in [0.3, 0.4) is 0 Å². The Morgan fingerprint density at radius 3 is 2.80 bits per heavy atom. The first kappa shape index (κ1) is 15.8. The topological polar surface area (TPSA) is 56.8 Å². The number of fused-ring (bicyclic) bond motifs is 2. The average Bonchev–Trinajstić information content (AvgIpc) is 3.07. The van der Waals surface area contributed by atoms with Gasteiger partial charge in [-0.15, -0.1) is 0 Å². The van der Waals surface area contributed by atoms with Gasteiger partial charge in [-0.25, -0.2) is 0 Å². The third-order valence-corrected chi connectivity index (χ3v) is 4.63. The number of anilines is 1. The molecule has 2 heterocycles. The molecule has 1 amide bonds. The minimum atomic E-state index is -0.0592. The molecule has 0 fully saturated rings. The molecular formula is C20H21NO4. The predicted molar refractivity (Wildman–Crippen MR) is 94.5 cm³/mol. The lowest BCUT2D eigenvalue weighted by molar-refractivity contribution is -0.116. The van der Waals surface area contributed by atoms with Crippen molar-refractivity contribution in [2.24, 2.45) is 0 Å². The number of carbonyl (C=O) groups is 1. The van der Waals surface area contributed by atoms with E-state index in [4.69, 9.17) is 14.2 Å². The normalized spacial score (nSPS) is 17.8. The van der Waals surface area contributed by atoms with E-state index in [-0.39, 0.29) is 18.6 Å². The largest absolute Gasteiger partial charge is 0.493 e. The van der Waals surface area contributed by atoms with Crippen LogP contribution in [0.5, 0.6) is 17.2 Å². The Hall–Kier alpha value is -2.69. The monoisotopic (exact) mass is 339 g/mol. The summed E-state index contributed by atoms with van der Waals surface area (Å²) in [7, 11) is 0. The molecule has 4 rings (SSSR count). The molecule has 0 radical (unpaired) electrons. The first-order valence-corrected chi connectivity index (χ1v) is 8.71. The number of carbonyl (C=O) groups excluding carboxylic acids is 1. The standard InChI is InChI=1S/C20H21NO4/c1-2-3-8-23-17-7-5-4-6-13(17)14-10-20(22)21-16-11-19-18(9-15(14)16)24-12-25-19/h4-7,9,11,14H,2-3,8,10,12H2,1H3,(H,21,22)/t14-/m0/s1. The van der Waals surface area contributed by atoms with E-state index in [1.54, 1.807) is 0 Å². The van der Waals surface area contributed by atoms with Gasteiger partial charge in [-0.3, -0.25) is 4.79 Å². The molecular weight excluding hydrogens is 318 g/mol. The van der Waals surface area contributed by atoms with Crippen molar-refractivity contribution in [1.29, 1.82) is 0 Å². The molecule has 25 heavy (non-hydrogen) atoms. The van der Waals surface area contributed by atoms with Crippen LogP contribution >= 0.6 is 0 Å². The third kappa shape index (κ3) is 3.02. The quantitative estimate of drug-likeness (QED) is 0.834. The van der Waals surface area contributed by atoms with E-state index in [1.807, 2.05) is 36.4 Å². The highest BCUT2D eigenvalue weighted by molar-refractivity contribution is 5.96. The van der Waals surface area contributed by atoms with Gasteiger partial charge in [0.15, 0.2) is 11.5 Å². The molecule has 2 aliphatic heterocycles. The van der Waals surface area contributed by atoms with E-state index < -0.39 is 0 Å². The van der Waals surface area contributed by atoms with Gasteiger partial charge >= 0.3 is 0 Å². The molecule has 5 heteroatoms. The predicted octanol–water partition coefficient (Wildman–Crippen LogP) is 4.07. The van der Waals surface area contributed by atoms with Gasteiger partial charge in [-0.1, -0.05) is 31.5 Å². The molecule has 130 valence electrons. The Morgan fingerprint density at radius 2 is 1.96 bits per heavy atom. The summed E-state index contributed by atoms with van der Waals surface area (Å²) in [5.74, 6) is 2.19. The molecule has 0 bridgehead atoms. The molecule has 1 N–H and O–H groups in total. The van der Waals surface area contributed by atoms with Crippen LogP contribution in [0.2, 0.25) is 0 Å². The van der Waals surface area contributed by atoms with Crippen LogP contribution in [0.1, 0.15) is 43.2 Å². The number of unbranched alkanes of at least 4 members (excludes halogenated alkanes) is 1. The SMILES string of the molecule is CCCCOc1ccccc1[C@@H]1CC(=O)Nc2cc3c(cc21)OCO3. The Morgan fingerprint density at radius 1 is 1.16 bits per heavy atom.